The smallest absolute Gasteiger partial charge is 0.349 e. The van der Waals surface area contributed by atoms with Gasteiger partial charge in [0.05, 0.1) is 13.0 Å². The molecule has 5 rings (SSSR count). The van der Waals surface area contributed by atoms with Crippen molar-refractivity contribution in [3.8, 4) is 34.8 Å². The monoisotopic (exact) mass is 580 g/mol. The van der Waals surface area contributed by atoms with Gasteiger partial charge in [0.25, 0.3) is 0 Å². The van der Waals surface area contributed by atoms with E-state index in [-0.39, 0.29) is 36.2 Å². The predicted molar refractivity (Wildman–Crippen MR) is 157 cm³/mol. The Balaban J connectivity index is 1.36. The molecule has 218 valence electrons. The van der Waals surface area contributed by atoms with Crippen molar-refractivity contribution in [2.45, 2.75) is 26.4 Å². The molecule has 8 nitrogen and oxygen atoms in total. The van der Waals surface area contributed by atoms with E-state index in [0.29, 0.717) is 39.7 Å². The van der Waals surface area contributed by atoms with Crippen LogP contribution in [0.25, 0.3) is 0 Å². The van der Waals surface area contributed by atoms with Crippen molar-refractivity contribution in [3.05, 3.63) is 124 Å². The van der Waals surface area contributed by atoms with E-state index in [9.17, 15) is 14.4 Å². The Hall–Kier alpha value is -5.49. The molecule has 4 aromatic carbocycles. The molecule has 0 fully saturated rings. The summed E-state index contributed by atoms with van der Waals surface area (Å²) in [6.45, 7) is 3.61. The minimum absolute atomic E-state index is 0.00983. The molecule has 9 heteroatoms. The molecule has 1 atom stereocenters. The highest BCUT2D eigenvalue weighted by Crippen LogP contribution is 2.45. The van der Waals surface area contributed by atoms with Crippen LogP contribution in [0.5, 0.6) is 28.7 Å². The summed E-state index contributed by atoms with van der Waals surface area (Å²) in [6.07, 6.45) is 0. The van der Waals surface area contributed by atoms with Crippen LogP contribution >= 0.6 is 0 Å². The van der Waals surface area contributed by atoms with Gasteiger partial charge >= 0.3 is 5.97 Å². The molecule has 1 aliphatic rings. The lowest BCUT2D eigenvalue weighted by Crippen LogP contribution is -2.22. The van der Waals surface area contributed by atoms with E-state index in [0.717, 1.165) is 11.1 Å². The molecule has 0 spiro atoms. The van der Waals surface area contributed by atoms with E-state index in [1.807, 2.05) is 26.0 Å². The number of hydrogen-bond acceptors (Lipinski definition) is 8. The van der Waals surface area contributed by atoms with E-state index in [1.54, 1.807) is 60.7 Å². The van der Waals surface area contributed by atoms with E-state index >= 15 is 0 Å². The maximum Gasteiger partial charge on any atom is 0.349 e. The van der Waals surface area contributed by atoms with Crippen molar-refractivity contribution in [2.24, 2.45) is 5.73 Å². The lowest BCUT2D eigenvalue weighted by molar-refractivity contribution is -0.136. The number of nitrogens with zero attached hydrogens (tertiary/aromatic N) is 1. The van der Waals surface area contributed by atoms with Gasteiger partial charge in [0.2, 0.25) is 5.88 Å². The lowest BCUT2D eigenvalue weighted by atomic mass is 9.83. The molecule has 1 unspecified atom stereocenters. The van der Waals surface area contributed by atoms with E-state index < -0.39 is 11.9 Å². The van der Waals surface area contributed by atoms with Gasteiger partial charge in [-0.05, 0) is 60.9 Å². The first-order valence-electron chi connectivity index (χ1n) is 13.4. The van der Waals surface area contributed by atoms with Crippen molar-refractivity contribution in [2.75, 3.05) is 13.7 Å². The number of ether oxygens (including phenoxy) is 5. The van der Waals surface area contributed by atoms with Crippen LogP contribution in [0, 0.1) is 31.0 Å². The number of fused-ring (bicyclic) bond motifs is 1. The Morgan fingerprint density at radius 3 is 2.56 bits per heavy atom. The molecule has 1 heterocycles. The largest absolute Gasteiger partial charge is 0.493 e. The molecule has 0 bridgehead atoms. The van der Waals surface area contributed by atoms with Crippen LogP contribution in [0.4, 0.5) is 4.39 Å². The molecular weight excluding hydrogens is 551 g/mol. The number of halogens is 1. The summed E-state index contributed by atoms with van der Waals surface area (Å²) in [7, 11) is 1.49. The summed E-state index contributed by atoms with van der Waals surface area (Å²) in [5, 5.41) is 9.96. The van der Waals surface area contributed by atoms with Gasteiger partial charge in [-0.2, -0.15) is 5.26 Å². The normalized spacial score (nSPS) is 13.8. The number of esters is 1. The van der Waals surface area contributed by atoms with Crippen LogP contribution in [-0.2, 0) is 11.4 Å². The zero-order chi connectivity index (χ0) is 30.5. The van der Waals surface area contributed by atoms with Crippen molar-refractivity contribution in [1.29, 1.82) is 5.26 Å². The van der Waals surface area contributed by atoms with E-state index in [1.165, 1.54) is 13.2 Å². The first kappa shape index (κ1) is 29.0. The van der Waals surface area contributed by atoms with Crippen molar-refractivity contribution < 1.29 is 32.9 Å². The Labute approximate surface area is 248 Å². The molecule has 0 saturated carbocycles. The second kappa shape index (κ2) is 12.6. The first-order chi connectivity index (χ1) is 20.8. The number of nitriles is 1. The highest BCUT2D eigenvalue weighted by Gasteiger charge is 2.32. The standard InChI is InChI=1S/C34H29FN2O6/c1-20-7-6-10-28(21(20)2)41-19-32(38)42-24-12-13-25-30(16-24)43-34(37)26(17-36)33(25)22-11-14-29(31(15-22)39-3)40-18-23-8-4-5-9-27(23)35/h4-16,33H,18-19,37H2,1-3H3. The van der Waals surface area contributed by atoms with Crippen LogP contribution < -0.4 is 29.4 Å². The third-order valence-electron chi connectivity index (χ3n) is 7.18. The van der Waals surface area contributed by atoms with Gasteiger partial charge in [-0.25, -0.2) is 9.18 Å². The number of carbonyl (C=O) groups is 1. The Bertz CT molecular complexity index is 1760. The second-order valence-corrected chi connectivity index (χ2v) is 9.88. The average molecular weight is 581 g/mol. The third-order valence-corrected chi connectivity index (χ3v) is 7.18. The predicted octanol–water partition coefficient (Wildman–Crippen LogP) is 6.23. The average Bonchev–Trinajstić information content (AvgIpc) is 3.00. The van der Waals surface area contributed by atoms with E-state index in [4.69, 9.17) is 29.4 Å². The maximum absolute atomic E-state index is 14.1. The number of hydrogen-bond donors (Lipinski definition) is 1. The summed E-state index contributed by atoms with van der Waals surface area (Å²) in [4.78, 5) is 12.6. The number of aryl methyl sites for hydroxylation is 1. The minimum Gasteiger partial charge on any atom is -0.493 e. The van der Waals surface area contributed by atoms with Gasteiger partial charge in [0.1, 0.15) is 41.3 Å². The van der Waals surface area contributed by atoms with Crippen molar-refractivity contribution in [3.63, 3.8) is 0 Å². The molecule has 43 heavy (non-hydrogen) atoms. The van der Waals surface area contributed by atoms with Gasteiger partial charge in [-0.1, -0.05) is 42.5 Å². The highest BCUT2D eigenvalue weighted by atomic mass is 19.1. The van der Waals surface area contributed by atoms with Crippen molar-refractivity contribution in [1.82, 2.24) is 0 Å². The molecule has 4 aromatic rings. The number of nitrogens with two attached hydrogens (primary N) is 1. The summed E-state index contributed by atoms with van der Waals surface area (Å²) in [5.74, 6) is 0.349. The van der Waals surface area contributed by atoms with Gasteiger partial charge in [0, 0.05) is 17.2 Å². The Kier molecular flexibility index (Phi) is 8.49. The fraction of sp³-hybridized carbons (Fsp3) is 0.176. The number of methoxy groups -OCH3 is 1. The number of carbonyl (C=O) groups excluding carboxylic acids is 1. The van der Waals surface area contributed by atoms with Gasteiger partial charge < -0.3 is 29.4 Å². The molecule has 0 aliphatic carbocycles. The van der Waals surface area contributed by atoms with Gasteiger partial charge in [-0.3, -0.25) is 0 Å². The maximum atomic E-state index is 14.1. The molecule has 0 aromatic heterocycles. The fourth-order valence-electron chi connectivity index (χ4n) is 4.77. The number of rotatable bonds is 9. The zero-order valence-electron chi connectivity index (χ0n) is 23.8. The summed E-state index contributed by atoms with van der Waals surface area (Å²) in [5.41, 5.74) is 10.1. The quantitative estimate of drug-likeness (QED) is 0.183. The van der Waals surface area contributed by atoms with Crippen LogP contribution in [0.2, 0.25) is 0 Å². The number of allylic oxidation sites excluding steroid dienone is 1. The summed E-state index contributed by atoms with van der Waals surface area (Å²) in [6, 6.07) is 24.2. The SMILES string of the molecule is COc1cc(C2C(C#N)=C(N)Oc3cc(OC(=O)COc4cccc(C)c4C)ccc32)ccc1OCc1ccccc1F. The molecule has 2 N–H and O–H groups in total. The number of benzene rings is 4. The van der Waals surface area contributed by atoms with Crippen LogP contribution in [-0.4, -0.2) is 19.7 Å². The molecule has 1 aliphatic heterocycles. The van der Waals surface area contributed by atoms with Gasteiger partial charge in [-0.15, -0.1) is 0 Å². The van der Waals surface area contributed by atoms with Gasteiger partial charge in [0.15, 0.2) is 18.1 Å². The van der Waals surface area contributed by atoms with Crippen LogP contribution in [0.1, 0.15) is 33.7 Å². The topological polar surface area (TPSA) is 113 Å². The van der Waals surface area contributed by atoms with Crippen LogP contribution in [0.3, 0.4) is 0 Å². The van der Waals surface area contributed by atoms with Crippen LogP contribution in [0.15, 0.2) is 90.3 Å². The minimum atomic E-state index is -0.597. The summed E-state index contributed by atoms with van der Waals surface area (Å²) >= 11 is 0. The first-order valence-corrected chi connectivity index (χ1v) is 13.4. The lowest BCUT2D eigenvalue weighted by Gasteiger charge is -2.27. The molecular formula is C34H29FN2O6. The Morgan fingerprint density at radius 1 is 0.977 bits per heavy atom. The zero-order valence-corrected chi connectivity index (χ0v) is 23.8. The molecule has 0 radical (unpaired) electrons. The fourth-order valence-corrected chi connectivity index (χ4v) is 4.77. The molecule has 0 amide bonds. The molecule has 0 saturated heterocycles. The second-order valence-electron chi connectivity index (χ2n) is 9.88. The summed E-state index contributed by atoms with van der Waals surface area (Å²) < 4.78 is 42.4. The highest BCUT2D eigenvalue weighted by molar-refractivity contribution is 5.74. The third kappa shape index (κ3) is 6.23. The van der Waals surface area contributed by atoms with E-state index in [2.05, 4.69) is 6.07 Å². The Morgan fingerprint density at radius 2 is 1.79 bits per heavy atom. The van der Waals surface area contributed by atoms with Crippen molar-refractivity contribution >= 4 is 5.97 Å².